The number of methoxy groups -OCH3 is 1. The molecule has 8 nitrogen and oxygen atoms in total. The monoisotopic (exact) mass is 383 g/mol. The van der Waals surface area contributed by atoms with Gasteiger partial charge in [0.25, 0.3) is 5.56 Å². The Kier molecular flexibility index (Phi) is 5.04. The Morgan fingerprint density at radius 2 is 1.93 bits per heavy atom. The van der Waals surface area contributed by atoms with Gasteiger partial charge in [-0.1, -0.05) is 0 Å². The summed E-state index contributed by atoms with van der Waals surface area (Å²) in [6.07, 6.45) is 0.955. The summed E-state index contributed by atoms with van der Waals surface area (Å²) in [5, 5.41) is 9.62. The zero-order valence-corrected chi connectivity index (χ0v) is 15.8. The number of benzene rings is 1. The number of rotatable bonds is 6. The second-order valence-corrected chi connectivity index (χ2v) is 7.22. The molecule has 0 saturated heterocycles. The van der Waals surface area contributed by atoms with Crippen LogP contribution in [0.1, 0.15) is 25.8 Å². The second-order valence-electron chi connectivity index (χ2n) is 7.22. The summed E-state index contributed by atoms with van der Waals surface area (Å²) in [5.74, 6) is -0.191. The van der Waals surface area contributed by atoms with E-state index in [-0.39, 0.29) is 5.65 Å². The molecule has 28 heavy (non-hydrogen) atoms. The van der Waals surface area contributed by atoms with Gasteiger partial charge < -0.3 is 9.84 Å². The fraction of sp³-hybridized carbons (Fsp3) is 0.300. The average molecular weight is 383 g/mol. The maximum atomic E-state index is 11.8. The van der Waals surface area contributed by atoms with Gasteiger partial charge in [0.2, 0.25) is 0 Å². The number of carbonyl (C=O) groups is 1. The second kappa shape index (κ2) is 7.30. The van der Waals surface area contributed by atoms with Gasteiger partial charge in [-0.25, -0.2) is 9.78 Å². The standard InChI is InChI=1S/C20H21N3O5/c1-20(2,18(25)26)9-8-12-10-11(4-7-15(12)28-3)14-6-5-13-16(21-14)22-19(27)23-17(13)24/h4-7,10H,8-9H2,1-3H3,(H,25,26)(H2,21,22,23,24,27). The molecule has 0 aliphatic carbocycles. The molecule has 0 spiro atoms. The van der Waals surface area contributed by atoms with Crippen molar-refractivity contribution < 1.29 is 14.6 Å². The number of aromatic amines is 2. The van der Waals surface area contributed by atoms with Gasteiger partial charge in [0.1, 0.15) is 11.4 Å². The fourth-order valence-corrected chi connectivity index (χ4v) is 2.90. The number of carboxylic acid groups (broad SMARTS) is 1. The van der Waals surface area contributed by atoms with E-state index in [2.05, 4.69) is 15.0 Å². The van der Waals surface area contributed by atoms with Gasteiger partial charge in [0.15, 0.2) is 0 Å². The number of hydrogen-bond acceptors (Lipinski definition) is 5. The molecule has 3 N–H and O–H groups in total. The number of aromatic nitrogens is 3. The van der Waals surface area contributed by atoms with Gasteiger partial charge in [0, 0.05) is 5.56 Å². The first kappa shape index (κ1) is 19.3. The minimum Gasteiger partial charge on any atom is -0.496 e. The number of ether oxygens (including phenoxy) is 1. The van der Waals surface area contributed by atoms with Crippen LogP contribution in [0, 0.1) is 5.41 Å². The van der Waals surface area contributed by atoms with Gasteiger partial charge in [-0.3, -0.25) is 19.6 Å². The first-order valence-electron chi connectivity index (χ1n) is 8.75. The lowest BCUT2D eigenvalue weighted by molar-refractivity contribution is -0.147. The van der Waals surface area contributed by atoms with E-state index in [9.17, 15) is 19.5 Å². The lowest BCUT2D eigenvalue weighted by Gasteiger charge is -2.20. The number of fused-ring (bicyclic) bond motifs is 1. The summed E-state index contributed by atoms with van der Waals surface area (Å²) in [4.78, 5) is 43.8. The normalized spacial score (nSPS) is 11.5. The van der Waals surface area contributed by atoms with Gasteiger partial charge in [0.05, 0.1) is 23.6 Å². The molecule has 0 saturated carbocycles. The van der Waals surface area contributed by atoms with Crippen LogP contribution < -0.4 is 16.0 Å². The van der Waals surface area contributed by atoms with Crippen molar-refractivity contribution in [1.29, 1.82) is 0 Å². The molecule has 0 aliphatic heterocycles. The highest BCUT2D eigenvalue weighted by Gasteiger charge is 2.27. The van der Waals surface area contributed by atoms with Crippen molar-refractivity contribution >= 4 is 17.0 Å². The van der Waals surface area contributed by atoms with E-state index in [0.29, 0.717) is 29.7 Å². The van der Waals surface area contributed by atoms with Crippen LogP contribution in [0.15, 0.2) is 39.9 Å². The quantitative estimate of drug-likeness (QED) is 0.600. The highest BCUT2D eigenvalue weighted by Crippen LogP contribution is 2.30. The molecule has 3 aromatic rings. The highest BCUT2D eigenvalue weighted by molar-refractivity contribution is 5.77. The van der Waals surface area contributed by atoms with Crippen molar-refractivity contribution in [1.82, 2.24) is 15.0 Å². The zero-order valence-electron chi connectivity index (χ0n) is 15.8. The van der Waals surface area contributed by atoms with Crippen LogP contribution in [0.2, 0.25) is 0 Å². The molecule has 1 aromatic carbocycles. The Morgan fingerprint density at radius 1 is 1.18 bits per heavy atom. The van der Waals surface area contributed by atoms with Crippen LogP contribution in [0.4, 0.5) is 0 Å². The number of pyridine rings is 1. The average Bonchev–Trinajstić information content (AvgIpc) is 2.65. The molecular formula is C20H21N3O5. The summed E-state index contributed by atoms with van der Waals surface area (Å²) in [6, 6.07) is 8.80. The minimum absolute atomic E-state index is 0.204. The van der Waals surface area contributed by atoms with E-state index < -0.39 is 22.6 Å². The molecule has 0 bridgehead atoms. The van der Waals surface area contributed by atoms with Gasteiger partial charge in [-0.05, 0) is 62.6 Å². The maximum absolute atomic E-state index is 11.8. The molecule has 2 aromatic heterocycles. The number of aliphatic carboxylic acids is 1. The molecule has 3 rings (SSSR count). The summed E-state index contributed by atoms with van der Waals surface area (Å²) < 4.78 is 5.40. The number of H-pyrrole nitrogens is 2. The largest absolute Gasteiger partial charge is 0.496 e. The molecule has 2 heterocycles. The summed E-state index contributed by atoms with van der Waals surface area (Å²) in [6.45, 7) is 3.37. The summed E-state index contributed by atoms with van der Waals surface area (Å²) in [7, 11) is 1.56. The smallest absolute Gasteiger partial charge is 0.327 e. The van der Waals surface area contributed by atoms with Crippen molar-refractivity contribution in [2.45, 2.75) is 26.7 Å². The van der Waals surface area contributed by atoms with Crippen LogP contribution in [0.3, 0.4) is 0 Å². The number of hydrogen-bond donors (Lipinski definition) is 3. The van der Waals surface area contributed by atoms with Crippen LogP contribution >= 0.6 is 0 Å². The number of nitrogens with one attached hydrogen (secondary N) is 2. The lowest BCUT2D eigenvalue weighted by atomic mass is 9.86. The number of carboxylic acids is 1. The maximum Gasteiger partial charge on any atom is 0.327 e. The Balaban J connectivity index is 2.01. The molecule has 0 radical (unpaired) electrons. The predicted octanol–water partition coefficient (Wildman–Crippen LogP) is 2.33. The molecule has 146 valence electrons. The third-order valence-electron chi connectivity index (χ3n) is 4.77. The predicted molar refractivity (Wildman–Crippen MR) is 105 cm³/mol. The van der Waals surface area contributed by atoms with Gasteiger partial charge in [-0.2, -0.15) is 0 Å². The van der Waals surface area contributed by atoms with Crippen LogP contribution in [-0.4, -0.2) is 33.1 Å². The van der Waals surface area contributed by atoms with E-state index in [1.807, 2.05) is 12.1 Å². The van der Waals surface area contributed by atoms with E-state index in [0.717, 1.165) is 11.1 Å². The van der Waals surface area contributed by atoms with E-state index in [1.165, 1.54) is 0 Å². The minimum atomic E-state index is -0.858. The molecule has 0 fully saturated rings. The van der Waals surface area contributed by atoms with Crippen LogP contribution in [0.5, 0.6) is 5.75 Å². The van der Waals surface area contributed by atoms with Crippen LogP contribution in [0.25, 0.3) is 22.3 Å². The van der Waals surface area contributed by atoms with E-state index in [1.54, 1.807) is 39.2 Å². The van der Waals surface area contributed by atoms with E-state index >= 15 is 0 Å². The van der Waals surface area contributed by atoms with Gasteiger partial charge >= 0.3 is 11.7 Å². The molecule has 0 aliphatic rings. The number of aryl methyl sites for hydroxylation is 1. The Morgan fingerprint density at radius 3 is 2.61 bits per heavy atom. The Labute approximate surface area is 160 Å². The lowest BCUT2D eigenvalue weighted by Crippen LogP contribution is -2.24. The first-order valence-corrected chi connectivity index (χ1v) is 8.75. The molecule has 0 unspecified atom stereocenters. The summed E-state index contributed by atoms with van der Waals surface area (Å²) in [5.41, 5.74) is 0.439. The third kappa shape index (κ3) is 3.80. The van der Waals surface area contributed by atoms with Crippen molar-refractivity contribution in [3.05, 3.63) is 56.7 Å². The zero-order chi connectivity index (χ0) is 20.5. The first-order chi connectivity index (χ1) is 13.2. The highest BCUT2D eigenvalue weighted by atomic mass is 16.5. The van der Waals surface area contributed by atoms with Crippen LogP contribution in [-0.2, 0) is 11.2 Å². The molecule has 0 amide bonds. The molecular weight excluding hydrogens is 362 g/mol. The van der Waals surface area contributed by atoms with Gasteiger partial charge in [-0.15, -0.1) is 0 Å². The Bertz CT molecular complexity index is 1160. The topological polar surface area (TPSA) is 125 Å². The molecule has 8 heteroatoms. The van der Waals surface area contributed by atoms with Crippen molar-refractivity contribution in [2.75, 3.05) is 7.11 Å². The number of nitrogens with zero attached hydrogens (tertiary/aromatic N) is 1. The van der Waals surface area contributed by atoms with Crippen molar-refractivity contribution in [3.63, 3.8) is 0 Å². The summed E-state index contributed by atoms with van der Waals surface area (Å²) >= 11 is 0. The van der Waals surface area contributed by atoms with Crippen molar-refractivity contribution in [2.24, 2.45) is 5.41 Å². The molecule has 0 atom stereocenters. The Hall–Kier alpha value is -3.42. The fourth-order valence-electron chi connectivity index (χ4n) is 2.90. The van der Waals surface area contributed by atoms with E-state index in [4.69, 9.17) is 4.74 Å². The van der Waals surface area contributed by atoms with Crippen molar-refractivity contribution in [3.8, 4) is 17.0 Å². The SMILES string of the molecule is COc1ccc(-c2ccc3c(=O)[nH]c(=O)[nH]c3n2)cc1CCC(C)(C)C(=O)O. The third-order valence-corrected chi connectivity index (χ3v) is 4.77.